The highest BCUT2D eigenvalue weighted by Crippen LogP contribution is 2.26. The Morgan fingerprint density at radius 3 is 2.47 bits per heavy atom. The Bertz CT molecular complexity index is 461. The molecule has 0 saturated carbocycles. The average molecular weight is 284 g/mol. The van der Waals surface area contributed by atoms with E-state index in [1.54, 1.807) is 10.9 Å². The number of carbonyl (C=O) groups is 1. The Kier molecular flexibility index (Phi) is 4.19. The fourth-order valence-electron chi connectivity index (χ4n) is 2.97. The van der Waals surface area contributed by atoms with Crippen molar-refractivity contribution >= 4 is 17.5 Å². The summed E-state index contributed by atoms with van der Waals surface area (Å²) >= 11 is 6.01. The van der Waals surface area contributed by atoms with Gasteiger partial charge in [-0.1, -0.05) is 11.6 Å². The Morgan fingerprint density at radius 1 is 1.42 bits per heavy atom. The van der Waals surface area contributed by atoms with Gasteiger partial charge in [0.1, 0.15) is 6.04 Å². The number of aromatic nitrogens is 2. The van der Waals surface area contributed by atoms with Gasteiger partial charge in [-0.3, -0.25) is 9.48 Å². The Morgan fingerprint density at radius 2 is 2.00 bits per heavy atom. The quantitative estimate of drug-likeness (QED) is 0.836. The summed E-state index contributed by atoms with van der Waals surface area (Å²) in [5.74, 6) is 0.141. The molecule has 1 aromatic heterocycles. The topological polar surface area (TPSA) is 38.1 Å². The minimum absolute atomic E-state index is 0.141. The minimum Gasteiger partial charge on any atom is -0.335 e. The molecular weight excluding hydrogens is 262 g/mol. The number of halogens is 1. The van der Waals surface area contributed by atoms with Crippen molar-refractivity contribution in [2.75, 3.05) is 0 Å². The summed E-state index contributed by atoms with van der Waals surface area (Å²) in [4.78, 5) is 14.7. The highest BCUT2D eigenvalue weighted by molar-refractivity contribution is 6.31. The number of hydrogen-bond acceptors (Lipinski definition) is 2. The SMILES string of the molecule is Cc1c(Cl)cnn1C(C)C(=O)N1C(C)CCCC1C. The summed E-state index contributed by atoms with van der Waals surface area (Å²) in [6, 6.07) is 0.325. The molecule has 1 amide bonds. The Balaban J connectivity index is 2.21. The summed E-state index contributed by atoms with van der Waals surface area (Å²) in [5.41, 5.74) is 0.847. The molecule has 1 aliphatic heterocycles. The van der Waals surface area contributed by atoms with Crippen LogP contribution in [0.25, 0.3) is 0 Å². The number of rotatable bonds is 2. The lowest BCUT2D eigenvalue weighted by molar-refractivity contribution is -0.140. The van der Waals surface area contributed by atoms with Crippen LogP contribution in [0.3, 0.4) is 0 Å². The van der Waals surface area contributed by atoms with Gasteiger partial charge in [-0.05, 0) is 47.0 Å². The lowest BCUT2D eigenvalue weighted by Crippen LogP contribution is -2.50. The van der Waals surface area contributed by atoms with Crippen molar-refractivity contribution in [3.8, 4) is 0 Å². The first-order chi connectivity index (χ1) is 8.93. The van der Waals surface area contributed by atoms with E-state index in [-0.39, 0.29) is 11.9 Å². The summed E-state index contributed by atoms with van der Waals surface area (Å²) in [6.45, 7) is 8.04. The molecule has 2 heterocycles. The predicted molar refractivity (Wildman–Crippen MR) is 76.3 cm³/mol. The van der Waals surface area contributed by atoms with E-state index < -0.39 is 0 Å². The summed E-state index contributed by atoms with van der Waals surface area (Å²) in [5, 5.41) is 4.83. The van der Waals surface area contributed by atoms with Crippen LogP contribution in [-0.4, -0.2) is 32.7 Å². The van der Waals surface area contributed by atoms with Crippen LogP contribution in [0.4, 0.5) is 0 Å². The van der Waals surface area contributed by atoms with Crippen LogP contribution in [0.2, 0.25) is 5.02 Å². The van der Waals surface area contributed by atoms with Gasteiger partial charge in [0.25, 0.3) is 0 Å². The lowest BCUT2D eigenvalue weighted by atomic mass is 9.96. The van der Waals surface area contributed by atoms with E-state index in [0.717, 1.165) is 18.5 Å². The van der Waals surface area contributed by atoms with Gasteiger partial charge in [-0.15, -0.1) is 0 Å². The van der Waals surface area contributed by atoms with Crippen molar-refractivity contribution in [1.29, 1.82) is 0 Å². The van der Waals surface area contributed by atoms with Crippen molar-refractivity contribution in [2.45, 2.75) is 65.1 Å². The third-order valence-corrected chi connectivity index (χ3v) is 4.53. The largest absolute Gasteiger partial charge is 0.335 e. The Hall–Kier alpha value is -1.03. The maximum Gasteiger partial charge on any atom is 0.247 e. The van der Waals surface area contributed by atoms with Gasteiger partial charge in [0.05, 0.1) is 16.9 Å². The highest BCUT2D eigenvalue weighted by atomic mass is 35.5. The maximum atomic E-state index is 12.7. The zero-order chi connectivity index (χ0) is 14.2. The van der Waals surface area contributed by atoms with E-state index in [4.69, 9.17) is 11.6 Å². The average Bonchev–Trinajstić information content (AvgIpc) is 2.69. The lowest BCUT2D eigenvalue weighted by Gasteiger charge is -2.40. The van der Waals surface area contributed by atoms with E-state index in [1.807, 2.05) is 18.7 Å². The molecule has 4 nitrogen and oxygen atoms in total. The molecule has 0 bridgehead atoms. The molecule has 2 rings (SSSR count). The van der Waals surface area contributed by atoms with Crippen LogP contribution >= 0.6 is 11.6 Å². The first-order valence-corrected chi connectivity index (χ1v) is 7.33. The van der Waals surface area contributed by atoms with E-state index in [0.29, 0.717) is 17.1 Å². The second-order valence-corrected chi connectivity index (χ2v) is 5.98. The van der Waals surface area contributed by atoms with Crippen molar-refractivity contribution in [3.05, 3.63) is 16.9 Å². The van der Waals surface area contributed by atoms with Gasteiger partial charge in [0.2, 0.25) is 5.91 Å². The first-order valence-electron chi connectivity index (χ1n) is 6.95. The molecule has 1 fully saturated rings. The molecule has 0 aliphatic carbocycles. The number of piperidine rings is 1. The molecule has 106 valence electrons. The second kappa shape index (κ2) is 5.53. The summed E-state index contributed by atoms with van der Waals surface area (Å²) < 4.78 is 1.72. The van der Waals surface area contributed by atoms with E-state index in [1.165, 1.54) is 6.42 Å². The van der Waals surface area contributed by atoms with Crippen molar-refractivity contribution in [3.63, 3.8) is 0 Å². The zero-order valence-corrected chi connectivity index (χ0v) is 12.8. The molecule has 0 radical (unpaired) electrons. The molecule has 1 saturated heterocycles. The molecule has 3 unspecified atom stereocenters. The standard InChI is InChI=1S/C14H22ClN3O/c1-9-6-5-7-10(2)17(9)14(19)12(4)18-11(3)13(15)8-16-18/h8-10,12H,5-7H2,1-4H3. The highest BCUT2D eigenvalue weighted by Gasteiger charge is 2.33. The number of likely N-dealkylation sites (tertiary alicyclic amines) is 1. The molecule has 0 N–H and O–H groups in total. The van der Waals surface area contributed by atoms with Gasteiger partial charge in [0.15, 0.2) is 0 Å². The van der Waals surface area contributed by atoms with Gasteiger partial charge in [-0.2, -0.15) is 5.10 Å². The van der Waals surface area contributed by atoms with Crippen LogP contribution < -0.4 is 0 Å². The molecule has 3 atom stereocenters. The predicted octanol–water partition coefficient (Wildman–Crippen LogP) is 3.20. The molecular formula is C14H22ClN3O. The number of nitrogens with zero attached hydrogens (tertiary/aromatic N) is 3. The number of amides is 1. The van der Waals surface area contributed by atoms with Gasteiger partial charge >= 0.3 is 0 Å². The Labute approximate surface area is 119 Å². The molecule has 0 spiro atoms. The fourth-order valence-corrected chi connectivity index (χ4v) is 3.10. The first kappa shape index (κ1) is 14.4. The number of hydrogen-bond donors (Lipinski definition) is 0. The van der Waals surface area contributed by atoms with Gasteiger partial charge in [0, 0.05) is 12.1 Å². The van der Waals surface area contributed by atoms with Crippen LogP contribution in [0.15, 0.2) is 6.20 Å². The summed E-state index contributed by atoms with van der Waals surface area (Å²) in [7, 11) is 0. The van der Waals surface area contributed by atoms with Crippen LogP contribution in [0.5, 0.6) is 0 Å². The van der Waals surface area contributed by atoms with E-state index in [9.17, 15) is 4.79 Å². The van der Waals surface area contributed by atoms with E-state index in [2.05, 4.69) is 18.9 Å². The molecule has 5 heteroatoms. The van der Waals surface area contributed by atoms with Crippen molar-refractivity contribution in [1.82, 2.24) is 14.7 Å². The van der Waals surface area contributed by atoms with E-state index >= 15 is 0 Å². The number of carbonyl (C=O) groups excluding carboxylic acids is 1. The smallest absolute Gasteiger partial charge is 0.247 e. The zero-order valence-electron chi connectivity index (χ0n) is 12.1. The van der Waals surface area contributed by atoms with Crippen molar-refractivity contribution < 1.29 is 4.79 Å². The van der Waals surface area contributed by atoms with Crippen LogP contribution in [0, 0.1) is 6.92 Å². The third-order valence-electron chi connectivity index (χ3n) is 4.16. The third kappa shape index (κ3) is 2.64. The maximum absolute atomic E-state index is 12.7. The summed E-state index contributed by atoms with van der Waals surface area (Å²) in [6.07, 6.45) is 4.97. The van der Waals surface area contributed by atoms with Crippen LogP contribution in [-0.2, 0) is 4.79 Å². The van der Waals surface area contributed by atoms with Crippen LogP contribution in [0.1, 0.15) is 51.8 Å². The normalized spacial score (nSPS) is 25.4. The second-order valence-electron chi connectivity index (χ2n) is 5.57. The van der Waals surface area contributed by atoms with Gasteiger partial charge < -0.3 is 4.90 Å². The monoisotopic (exact) mass is 283 g/mol. The minimum atomic E-state index is -0.296. The fraction of sp³-hybridized carbons (Fsp3) is 0.714. The molecule has 1 aliphatic rings. The van der Waals surface area contributed by atoms with Crippen molar-refractivity contribution in [2.24, 2.45) is 0 Å². The van der Waals surface area contributed by atoms with Gasteiger partial charge in [-0.25, -0.2) is 0 Å². The molecule has 19 heavy (non-hydrogen) atoms. The molecule has 1 aromatic rings. The molecule has 0 aromatic carbocycles.